The van der Waals surface area contributed by atoms with Gasteiger partial charge in [-0.15, -0.1) is 12.3 Å². The van der Waals surface area contributed by atoms with Crippen molar-refractivity contribution in [3.05, 3.63) is 6.42 Å². The molecule has 14 nitrogen and oxygen atoms in total. The number of aliphatic hydroxyl groups excluding tert-OH is 2. The van der Waals surface area contributed by atoms with Crippen molar-refractivity contribution >= 4 is 41.4 Å². The van der Waals surface area contributed by atoms with Crippen molar-refractivity contribution in [2.75, 3.05) is 39.6 Å². The Morgan fingerprint density at radius 1 is 0.705 bits per heavy atom. The molecule has 1 radical (unpaired) electrons. The van der Waals surface area contributed by atoms with Gasteiger partial charge in [-0.3, -0.25) is 33.6 Å². The average molecular weight is 628 g/mol. The predicted octanol–water partition coefficient (Wildman–Crippen LogP) is 1.12. The SMILES string of the molecule is C#CCCC(=O)CCC(=O)[CH]CC(CO)(CO)COC(=O)CCC(=O)OCC(CC)(COC(C)=O)COC(=O)CCC(=O)O. The minimum atomic E-state index is -1.36. The quantitative estimate of drug-likeness (QED) is 0.0734. The third-order valence-electron chi connectivity index (χ3n) is 6.66. The molecule has 247 valence electrons. The average Bonchev–Trinajstić information content (AvgIpc) is 3.00. The number of esters is 4. The second-order valence-electron chi connectivity index (χ2n) is 10.4. The number of Topliss-reactive ketones (excluding diaryl/α,β-unsaturated/α-hetero) is 2. The van der Waals surface area contributed by atoms with Crippen molar-refractivity contribution in [1.29, 1.82) is 0 Å². The minimum absolute atomic E-state index is 0.00835. The van der Waals surface area contributed by atoms with Crippen LogP contribution in [0, 0.1) is 29.6 Å². The van der Waals surface area contributed by atoms with Gasteiger partial charge in [0.2, 0.25) is 0 Å². The van der Waals surface area contributed by atoms with Crippen molar-refractivity contribution < 1.29 is 67.8 Å². The monoisotopic (exact) mass is 627 g/mol. The molecule has 1 unspecified atom stereocenters. The van der Waals surface area contributed by atoms with Gasteiger partial charge in [-0.25, -0.2) is 0 Å². The number of terminal acetylenes is 1. The summed E-state index contributed by atoms with van der Waals surface area (Å²) in [6, 6.07) is 0. The summed E-state index contributed by atoms with van der Waals surface area (Å²) in [6.45, 7) is 0.240. The van der Waals surface area contributed by atoms with Gasteiger partial charge in [0.1, 0.15) is 38.0 Å². The van der Waals surface area contributed by atoms with Gasteiger partial charge < -0.3 is 34.3 Å². The molecule has 0 aliphatic rings. The number of carboxylic acid groups (broad SMARTS) is 1. The van der Waals surface area contributed by atoms with Gasteiger partial charge in [-0.2, -0.15) is 0 Å². The first-order chi connectivity index (χ1) is 20.8. The second-order valence-corrected chi connectivity index (χ2v) is 10.4. The first kappa shape index (κ1) is 40.2. The molecule has 0 heterocycles. The molecule has 0 aromatic carbocycles. The Bertz CT molecular complexity index is 1020. The van der Waals surface area contributed by atoms with Crippen molar-refractivity contribution in [3.8, 4) is 12.3 Å². The lowest BCUT2D eigenvalue weighted by Crippen LogP contribution is -2.39. The van der Waals surface area contributed by atoms with Gasteiger partial charge in [0, 0.05) is 39.0 Å². The number of rotatable bonds is 25. The molecule has 3 N–H and O–H groups in total. The van der Waals surface area contributed by atoms with Crippen molar-refractivity contribution in [1.82, 2.24) is 0 Å². The van der Waals surface area contributed by atoms with Crippen LogP contribution in [-0.2, 0) is 52.5 Å². The number of ether oxygens (including phenoxy) is 4. The zero-order chi connectivity index (χ0) is 33.6. The van der Waals surface area contributed by atoms with E-state index in [1.54, 1.807) is 6.92 Å². The fourth-order valence-corrected chi connectivity index (χ4v) is 3.38. The zero-order valence-corrected chi connectivity index (χ0v) is 25.3. The molecule has 0 fully saturated rings. The van der Waals surface area contributed by atoms with Crippen LogP contribution in [0.25, 0.3) is 0 Å². The molecule has 0 rings (SSSR count). The number of carbonyl (C=O) groups is 7. The molecule has 0 spiro atoms. The Labute approximate surface area is 256 Å². The Hall–Kier alpha value is -3.83. The van der Waals surface area contributed by atoms with Crippen molar-refractivity contribution in [2.45, 2.75) is 78.1 Å². The summed E-state index contributed by atoms with van der Waals surface area (Å²) in [5, 5.41) is 28.3. The molecule has 0 saturated carbocycles. The lowest BCUT2D eigenvalue weighted by molar-refractivity contribution is -0.164. The summed E-state index contributed by atoms with van der Waals surface area (Å²) in [7, 11) is 0. The van der Waals surface area contributed by atoms with E-state index in [9.17, 15) is 43.8 Å². The second kappa shape index (κ2) is 21.8. The summed E-state index contributed by atoms with van der Waals surface area (Å²) in [5.74, 6) is -2.45. The Balaban J connectivity index is 4.86. The maximum absolute atomic E-state index is 12.4. The fourth-order valence-electron chi connectivity index (χ4n) is 3.38. The van der Waals surface area contributed by atoms with Gasteiger partial charge >= 0.3 is 29.8 Å². The highest BCUT2D eigenvalue weighted by molar-refractivity contribution is 5.91. The Morgan fingerprint density at radius 3 is 1.61 bits per heavy atom. The van der Waals surface area contributed by atoms with Crippen LogP contribution in [-0.4, -0.2) is 96.4 Å². The number of aliphatic carboxylic acids is 1. The van der Waals surface area contributed by atoms with E-state index in [1.165, 1.54) is 13.3 Å². The van der Waals surface area contributed by atoms with Crippen LogP contribution >= 0.6 is 0 Å². The van der Waals surface area contributed by atoms with Crippen LogP contribution < -0.4 is 0 Å². The summed E-state index contributed by atoms with van der Waals surface area (Å²) in [4.78, 5) is 82.3. The molecule has 0 aliphatic carbocycles. The molecule has 0 saturated heterocycles. The largest absolute Gasteiger partial charge is 0.481 e. The van der Waals surface area contributed by atoms with Crippen LogP contribution in [0.5, 0.6) is 0 Å². The topological polar surface area (TPSA) is 217 Å². The third kappa shape index (κ3) is 18.0. The maximum atomic E-state index is 12.4. The molecule has 0 amide bonds. The number of hydrogen-bond acceptors (Lipinski definition) is 13. The van der Waals surface area contributed by atoms with Crippen LogP contribution in [0.15, 0.2) is 0 Å². The maximum Gasteiger partial charge on any atom is 0.306 e. The van der Waals surface area contributed by atoms with Crippen LogP contribution in [0.3, 0.4) is 0 Å². The van der Waals surface area contributed by atoms with Gasteiger partial charge in [0.15, 0.2) is 0 Å². The molecule has 0 aromatic rings. The number of ketones is 2. The summed E-state index contributed by atoms with van der Waals surface area (Å²) in [5.41, 5.74) is -2.48. The number of aliphatic hydroxyl groups is 2. The predicted molar refractivity (Wildman–Crippen MR) is 151 cm³/mol. The number of carboxylic acids is 1. The fraction of sp³-hybridized carbons (Fsp3) is 0.667. The summed E-state index contributed by atoms with van der Waals surface area (Å²) in [6.07, 6.45) is 5.20. The van der Waals surface area contributed by atoms with E-state index in [4.69, 9.17) is 30.5 Å². The van der Waals surface area contributed by atoms with Gasteiger partial charge in [0.25, 0.3) is 0 Å². The first-order valence-corrected chi connectivity index (χ1v) is 14.1. The van der Waals surface area contributed by atoms with Crippen molar-refractivity contribution in [2.24, 2.45) is 10.8 Å². The zero-order valence-electron chi connectivity index (χ0n) is 25.3. The molecule has 0 bridgehead atoms. The number of hydrogen-bond donors (Lipinski definition) is 3. The van der Waals surface area contributed by atoms with Crippen LogP contribution in [0.1, 0.15) is 78.1 Å². The lowest BCUT2D eigenvalue weighted by atomic mass is 9.84. The minimum Gasteiger partial charge on any atom is -0.481 e. The molecular formula is C30H43O14. The standard InChI is InChI=1S/C30H43O14/c1-4-6-7-23(34)8-9-24(35)14-15-30(16-31,17-32)21-44-28(40)13-12-27(39)43-20-29(5-2,18-41-22(3)33)19-42-26(38)11-10-25(36)37/h1,14,31-32H,5-13,15-21H2,2-3H3,(H,36,37). The van der Waals surface area contributed by atoms with E-state index in [0.717, 1.165) is 0 Å². The highest BCUT2D eigenvalue weighted by Gasteiger charge is 2.35. The van der Waals surface area contributed by atoms with Gasteiger partial charge in [-0.05, 0) is 12.8 Å². The highest BCUT2D eigenvalue weighted by Crippen LogP contribution is 2.26. The molecule has 44 heavy (non-hydrogen) atoms. The third-order valence-corrected chi connectivity index (χ3v) is 6.66. The van der Waals surface area contributed by atoms with E-state index in [1.807, 2.05) is 0 Å². The highest BCUT2D eigenvalue weighted by atomic mass is 16.6. The van der Waals surface area contributed by atoms with E-state index in [2.05, 4.69) is 5.92 Å². The van der Waals surface area contributed by atoms with E-state index >= 15 is 0 Å². The summed E-state index contributed by atoms with van der Waals surface area (Å²) < 4.78 is 20.5. The van der Waals surface area contributed by atoms with Crippen molar-refractivity contribution in [3.63, 3.8) is 0 Å². The van der Waals surface area contributed by atoms with E-state index in [-0.39, 0.29) is 76.3 Å². The van der Waals surface area contributed by atoms with E-state index in [0.29, 0.717) is 0 Å². The van der Waals surface area contributed by atoms with Gasteiger partial charge in [-0.1, -0.05) is 6.92 Å². The normalized spacial score (nSPS) is 12.2. The summed E-state index contributed by atoms with van der Waals surface area (Å²) >= 11 is 0. The van der Waals surface area contributed by atoms with Gasteiger partial charge in [0.05, 0.1) is 49.7 Å². The molecule has 0 aromatic heterocycles. The van der Waals surface area contributed by atoms with E-state index < -0.39 is 79.8 Å². The van der Waals surface area contributed by atoms with Crippen LogP contribution in [0.2, 0.25) is 0 Å². The first-order valence-electron chi connectivity index (χ1n) is 14.1. The Kier molecular flexibility index (Phi) is 19.9. The lowest BCUT2D eigenvalue weighted by Gasteiger charge is -2.31. The van der Waals surface area contributed by atoms with Crippen LogP contribution in [0.4, 0.5) is 0 Å². The number of carbonyl (C=O) groups excluding carboxylic acids is 6. The molecule has 1 atom stereocenters. The molecule has 0 aliphatic heterocycles. The molecule has 14 heteroatoms. The molecular weight excluding hydrogens is 584 g/mol. The smallest absolute Gasteiger partial charge is 0.306 e. The Morgan fingerprint density at radius 2 is 1.18 bits per heavy atom.